The van der Waals surface area contributed by atoms with Crippen LogP contribution < -0.4 is 0 Å². The van der Waals surface area contributed by atoms with Crippen LogP contribution in [0.5, 0.6) is 0 Å². The van der Waals surface area contributed by atoms with Crippen LogP contribution in [0.1, 0.15) is 86.0 Å². The van der Waals surface area contributed by atoms with Crippen LogP contribution in [0.3, 0.4) is 0 Å². The van der Waals surface area contributed by atoms with E-state index in [0.717, 1.165) is 25.9 Å². The topological polar surface area (TPSA) is 38.8 Å². The normalized spacial score (nSPS) is 21.7. The predicted octanol–water partition coefficient (Wildman–Crippen LogP) is 4.47. The van der Waals surface area contributed by atoms with Crippen molar-refractivity contribution in [3.63, 3.8) is 0 Å². The van der Waals surface area contributed by atoms with Gasteiger partial charge in [-0.3, -0.25) is 9.63 Å². The van der Waals surface area contributed by atoms with Crippen LogP contribution in [0.4, 0.5) is 0 Å². The lowest BCUT2D eigenvalue weighted by molar-refractivity contribution is -0.292. The van der Waals surface area contributed by atoms with Gasteiger partial charge in [-0.25, -0.2) is 0 Å². The lowest BCUT2D eigenvalue weighted by Gasteiger charge is -2.53. The number of ether oxygens (including phenoxy) is 1. The Kier molecular flexibility index (Phi) is 7.84. The van der Waals surface area contributed by atoms with E-state index >= 15 is 0 Å². The number of piperidine rings is 1. The van der Waals surface area contributed by atoms with Gasteiger partial charge in [0, 0.05) is 23.9 Å². The maximum Gasteiger partial charge on any atom is 0.293 e. The molecule has 1 saturated heterocycles. The largest absolute Gasteiger partial charge is 0.464 e. The third-order valence-corrected chi connectivity index (χ3v) is 4.52. The molecule has 0 aromatic rings. The summed E-state index contributed by atoms with van der Waals surface area (Å²) in [5.74, 6) is 0. The summed E-state index contributed by atoms with van der Waals surface area (Å²) in [6.45, 7) is 12.2. The van der Waals surface area contributed by atoms with E-state index in [9.17, 15) is 4.79 Å². The Morgan fingerprint density at radius 2 is 1.55 bits per heavy atom. The van der Waals surface area contributed by atoms with Gasteiger partial charge < -0.3 is 4.74 Å². The molecule has 0 aromatic carbocycles. The fourth-order valence-electron chi connectivity index (χ4n) is 3.73. The van der Waals surface area contributed by atoms with Crippen molar-refractivity contribution in [1.82, 2.24) is 5.06 Å². The number of hydrogen-bond donors (Lipinski definition) is 0. The molecule has 4 heteroatoms. The molecule has 0 spiro atoms. The van der Waals surface area contributed by atoms with Crippen LogP contribution >= 0.6 is 0 Å². The summed E-state index contributed by atoms with van der Waals surface area (Å²) >= 11 is 0. The zero-order chi connectivity index (χ0) is 16.6. The highest BCUT2D eigenvalue weighted by Crippen LogP contribution is 2.39. The first-order valence-corrected chi connectivity index (χ1v) is 8.86. The minimum atomic E-state index is -0.127. The fourth-order valence-corrected chi connectivity index (χ4v) is 3.73. The molecule has 0 bridgehead atoms. The molecule has 0 N–H and O–H groups in total. The number of hydrogen-bond acceptors (Lipinski definition) is 4. The van der Waals surface area contributed by atoms with E-state index in [-0.39, 0.29) is 17.2 Å². The molecule has 130 valence electrons. The molecule has 4 nitrogen and oxygen atoms in total. The van der Waals surface area contributed by atoms with Crippen molar-refractivity contribution in [2.24, 2.45) is 0 Å². The monoisotopic (exact) mass is 313 g/mol. The van der Waals surface area contributed by atoms with Crippen molar-refractivity contribution in [2.45, 2.75) is 103 Å². The Morgan fingerprint density at radius 3 is 2.09 bits per heavy atom. The highest BCUT2D eigenvalue weighted by atomic mass is 16.7. The molecule has 1 rings (SSSR count). The number of nitrogens with zero attached hydrogens (tertiary/aromatic N) is 1. The van der Waals surface area contributed by atoms with E-state index in [0.29, 0.717) is 6.47 Å². The third-order valence-electron chi connectivity index (χ3n) is 4.52. The highest BCUT2D eigenvalue weighted by Gasteiger charge is 2.47. The summed E-state index contributed by atoms with van der Waals surface area (Å²) in [5.41, 5.74) is -0.255. The maximum atomic E-state index is 10.6. The second-order valence-electron chi connectivity index (χ2n) is 7.78. The molecular formula is C18H35NO3. The van der Waals surface area contributed by atoms with Crippen LogP contribution in [0.2, 0.25) is 0 Å². The number of hydroxylamine groups is 2. The number of unbranched alkanes of at least 4 members (excludes halogenated alkanes) is 5. The van der Waals surface area contributed by atoms with E-state index in [2.05, 4.69) is 39.7 Å². The summed E-state index contributed by atoms with van der Waals surface area (Å²) < 4.78 is 5.22. The number of rotatable bonds is 10. The molecule has 0 radical (unpaired) electrons. The summed E-state index contributed by atoms with van der Waals surface area (Å²) in [4.78, 5) is 16.8. The average molecular weight is 313 g/mol. The second kappa shape index (κ2) is 8.88. The van der Waals surface area contributed by atoms with E-state index in [1.807, 2.05) is 0 Å². The molecule has 1 aliphatic rings. The lowest BCUT2D eigenvalue weighted by atomic mass is 9.80. The van der Waals surface area contributed by atoms with Gasteiger partial charge in [0.15, 0.2) is 0 Å². The van der Waals surface area contributed by atoms with Gasteiger partial charge in [0.05, 0.1) is 6.61 Å². The van der Waals surface area contributed by atoms with Crippen molar-refractivity contribution in [1.29, 1.82) is 0 Å². The summed E-state index contributed by atoms with van der Waals surface area (Å²) in [5, 5.41) is 2.14. The molecular weight excluding hydrogens is 278 g/mol. The molecule has 1 fully saturated rings. The summed E-state index contributed by atoms with van der Waals surface area (Å²) in [7, 11) is 0. The zero-order valence-corrected chi connectivity index (χ0v) is 15.2. The molecule has 0 amide bonds. The van der Waals surface area contributed by atoms with Crippen molar-refractivity contribution in [3.8, 4) is 0 Å². The first kappa shape index (κ1) is 19.4. The van der Waals surface area contributed by atoms with Crippen LogP contribution in [-0.4, -0.2) is 35.3 Å². The number of carbonyl (C=O) groups excluding carboxylic acids is 1. The molecule has 0 atom stereocenters. The van der Waals surface area contributed by atoms with Gasteiger partial charge in [-0.1, -0.05) is 39.0 Å². The Balaban J connectivity index is 2.42. The van der Waals surface area contributed by atoms with E-state index < -0.39 is 0 Å². The Morgan fingerprint density at radius 1 is 1.00 bits per heavy atom. The standard InChI is InChI=1S/C18H35NO3/c1-6-7-8-9-10-11-12-22-19-17(2,3)13-16(21-15-20)14-18(19,4)5/h15-16H,6-14H2,1-5H3. The minimum absolute atomic E-state index is 0.0172. The molecule has 22 heavy (non-hydrogen) atoms. The molecule has 1 heterocycles. The summed E-state index contributed by atoms with van der Waals surface area (Å²) in [6.07, 6.45) is 9.23. The molecule has 1 aliphatic heterocycles. The van der Waals surface area contributed by atoms with E-state index in [4.69, 9.17) is 9.57 Å². The average Bonchev–Trinajstić information content (AvgIpc) is 2.39. The first-order chi connectivity index (χ1) is 10.3. The van der Waals surface area contributed by atoms with Crippen molar-refractivity contribution < 1.29 is 14.4 Å². The van der Waals surface area contributed by atoms with E-state index in [1.54, 1.807) is 0 Å². The van der Waals surface area contributed by atoms with Gasteiger partial charge >= 0.3 is 0 Å². The van der Waals surface area contributed by atoms with E-state index in [1.165, 1.54) is 32.1 Å². The van der Waals surface area contributed by atoms with Gasteiger partial charge in [0.2, 0.25) is 0 Å². The zero-order valence-electron chi connectivity index (χ0n) is 15.2. The summed E-state index contributed by atoms with van der Waals surface area (Å²) in [6, 6.07) is 0. The smallest absolute Gasteiger partial charge is 0.293 e. The Labute approximate surface area is 136 Å². The van der Waals surface area contributed by atoms with Gasteiger partial charge in [-0.15, -0.1) is 0 Å². The molecule has 0 aromatic heterocycles. The lowest BCUT2D eigenvalue weighted by Crippen LogP contribution is -2.61. The third kappa shape index (κ3) is 5.88. The van der Waals surface area contributed by atoms with Gasteiger partial charge in [0.1, 0.15) is 6.10 Å². The van der Waals surface area contributed by atoms with Gasteiger partial charge in [0.25, 0.3) is 6.47 Å². The fraction of sp³-hybridized carbons (Fsp3) is 0.944. The Hall–Kier alpha value is -0.610. The second-order valence-corrected chi connectivity index (χ2v) is 7.78. The van der Waals surface area contributed by atoms with Crippen molar-refractivity contribution >= 4 is 6.47 Å². The van der Waals surface area contributed by atoms with Crippen molar-refractivity contribution in [3.05, 3.63) is 0 Å². The molecule has 0 aliphatic carbocycles. The van der Waals surface area contributed by atoms with Crippen LogP contribution in [0, 0.1) is 0 Å². The van der Waals surface area contributed by atoms with Gasteiger partial charge in [-0.2, -0.15) is 5.06 Å². The maximum absolute atomic E-state index is 10.6. The molecule has 0 saturated carbocycles. The SMILES string of the molecule is CCCCCCCCON1C(C)(C)CC(OC=O)CC1(C)C. The highest BCUT2D eigenvalue weighted by molar-refractivity contribution is 5.37. The van der Waals surface area contributed by atoms with Crippen LogP contribution in [0.25, 0.3) is 0 Å². The Bertz CT molecular complexity index is 310. The quantitative estimate of drug-likeness (QED) is 0.440. The van der Waals surface area contributed by atoms with Crippen LogP contribution in [-0.2, 0) is 14.4 Å². The number of carbonyl (C=O) groups is 1. The first-order valence-electron chi connectivity index (χ1n) is 8.86. The minimum Gasteiger partial charge on any atom is -0.464 e. The van der Waals surface area contributed by atoms with Crippen molar-refractivity contribution in [2.75, 3.05) is 6.61 Å². The van der Waals surface area contributed by atoms with Gasteiger partial charge in [-0.05, 0) is 34.1 Å². The van der Waals surface area contributed by atoms with Crippen LogP contribution in [0.15, 0.2) is 0 Å². The molecule has 0 unspecified atom stereocenters. The predicted molar refractivity (Wildman–Crippen MR) is 89.5 cm³/mol.